The molecule has 1 aliphatic heterocycles. The zero-order valence-electron chi connectivity index (χ0n) is 12.5. The lowest BCUT2D eigenvalue weighted by Gasteiger charge is -2.40. The Kier molecular flexibility index (Phi) is 5.60. The second-order valence-electron chi connectivity index (χ2n) is 5.47. The molecule has 0 aliphatic carbocycles. The fraction of sp³-hybridized carbons (Fsp3) is 0.929. The Hall–Kier alpha value is -0.610. The molecule has 106 valence electrons. The number of likely N-dealkylation sites (tertiary alicyclic amines) is 1. The van der Waals surface area contributed by atoms with Gasteiger partial charge in [-0.05, 0) is 32.2 Å². The van der Waals surface area contributed by atoms with Crippen LogP contribution < -0.4 is 5.32 Å². The van der Waals surface area contributed by atoms with Gasteiger partial charge in [-0.15, -0.1) is 0 Å². The SMILES string of the molecule is CCNC1CCN(C(=O)C(C)(CC)OC)CC1C. The smallest absolute Gasteiger partial charge is 0.254 e. The standard InChI is InChI=1S/C14H28N2O2/c1-6-14(4,18-5)13(17)16-9-8-12(15-7-2)11(3)10-16/h11-12,15H,6-10H2,1-5H3. The molecule has 3 unspecified atom stereocenters. The molecule has 3 atom stereocenters. The van der Waals surface area contributed by atoms with Crippen LogP contribution in [0.4, 0.5) is 0 Å². The lowest BCUT2D eigenvalue weighted by atomic mass is 9.91. The summed E-state index contributed by atoms with van der Waals surface area (Å²) in [6.45, 7) is 10.9. The molecule has 1 amide bonds. The van der Waals surface area contributed by atoms with Gasteiger partial charge in [-0.3, -0.25) is 4.79 Å². The molecule has 0 aromatic heterocycles. The number of hydrogen-bond donors (Lipinski definition) is 1. The molecule has 0 aromatic rings. The van der Waals surface area contributed by atoms with E-state index in [0.717, 1.165) is 26.1 Å². The van der Waals surface area contributed by atoms with Crippen molar-refractivity contribution in [1.29, 1.82) is 0 Å². The van der Waals surface area contributed by atoms with Crippen molar-refractivity contribution in [3.63, 3.8) is 0 Å². The lowest BCUT2D eigenvalue weighted by Crippen LogP contribution is -2.55. The van der Waals surface area contributed by atoms with E-state index < -0.39 is 5.60 Å². The molecule has 1 heterocycles. The summed E-state index contributed by atoms with van der Waals surface area (Å²) in [5.41, 5.74) is -0.662. The van der Waals surface area contributed by atoms with Gasteiger partial charge >= 0.3 is 0 Å². The first-order valence-electron chi connectivity index (χ1n) is 7.06. The number of hydrogen-bond acceptors (Lipinski definition) is 3. The second kappa shape index (κ2) is 6.53. The van der Waals surface area contributed by atoms with Crippen LogP contribution in [0.1, 0.15) is 40.5 Å². The number of carbonyl (C=O) groups is 1. The summed E-state index contributed by atoms with van der Waals surface area (Å²) in [4.78, 5) is 14.4. The van der Waals surface area contributed by atoms with Crippen LogP contribution in [0.25, 0.3) is 0 Å². The molecular formula is C14H28N2O2. The first-order valence-corrected chi connectivity index (χ1v) is 7.06. The van der Waals surface area contributed by atoms with Crippen LogP contribution in [-0.2, 0) is 9.53 Å². The molecule has 1 saturated heterocycles. The predicted molar refractivity (Wildman–Crippen MR) is 73.5 cm³/mol. The van der Waals surface area contributed by atoms with Crippen molar-refractivity contribution in [3.8, 4) is 0 Å². The normalized spacial score (nSPS) is 27.9. The van der Waals surface area contributed by atoms with E-state index in [-0.39, 0.29) is 5.91 Å². The highest BCUT2D eigenvalue weighted by molar-refractivity contribution is 5.85. The van der Waals surface area contributed by atoms with Crippen molar-refractivity contribution in [3.05, 3.63) is 0 Å². The van der Waals surface area contributed by atoms with Gasteiger partial charge < -0.3 is 15.0 Å². The quantitative estimate of drug-likeness (QED) is 0.813. The molecular weight excluding hydrogens is 228 g/mol. The maximum Gasteiger partial charge on any atom is 0.254 e. The summed E-state index contributed by atoms with van der Waals surface area (Å²) >= 11 is 0. The number of methoxy groups -OCH3 is 1. The van der Waals surface area contributed by atoms with Crippen LogP contribution in [0.5, 0.6) is 0 Å². The van der Waals surface area contributed by atoms with Crippen molar-refractivity contribution in [1.82, 2.24) is 10.2 Å². The highest BCUT2D eigenvalue weighted by atomic mass is 16.5. The third kappa shape index (κ3) is 3.23. The van der Waals surface area contributed by atoms with Crippen LogP contribution in [0.15, 0.2) is 0 Å². The van der Waals surface area contributed by atoms with E-state index in [2.05, 4.69) is 19.2 Å². The van der Waals surface area contributed by atoms with Crippen LogP contribution in [-0.4, -0.2) is 49.2 Å². The van der Waals surface area contributed by atoms with E-state index in [0.29, 0.717) is 18.4 Å². The van der Waals surface area contributed by atoms with Crippen molar-refractivity contribution in [2.45, 2.75) is 52.2 Å². The Balaban J connectivity index is 2.63. The van der Waals surface area contributed by atoms with E-state index in [1.165, 1.54) is 0 Å². The van der Waals surface area contributed by atoms with E-state index in [4.69, 9.17) is 4.74 Å². The number of nitrogens with zero attached hydrogens (tertiary/aromatic N) is 1. The Morgan fingerprint density at radius 2 is 2.17 bits per heavy atom. The lowest BCUT2D eigenvalue weighted by molar-refractivity contribution is -0.155. The number of amides is 1. The van der Waals surface area contributed by atoms with Crippen molar-refractivity contribution in [2.75, 3.05) is 26.7 Å². The van der Waals surface area contributed by atoms with Gasteiger partial charge in [0.05, 0.1) is 0 Å². The van der Waals surface area contributed by atoms with Crippen molar-refractivity contribution < 1.29 is 9.53 Å². The van der Waals surface area contributed by atoms with E-state index in [1.807, 2.05) is 18.7 Å². The number of piperidine rings is 1. The summed E-state index contributed by atoms with van der Waals surface area (Å²) in [5, 5.41) is 3.49. The molecule has 1 rings (SSSR count). The Bertz CT molecular complexity index is 277. The van der Waals surface area contributed by atoms with Gasteiger partial charge in [0, 0.05) is 26.2 Å². The van der Waals surface area contributed by atoms with Gasteiger partial charge in [0.15, 0.2) is 0 Å². The molecule has 4 nitrogen and oxygen atoms in total. The maximum absolute atomic E-state index is 12.5. The van der Waals surface area contributed by atoms with Crippen LogP contribution in [0.2, 0.25) is 0 Å². The van der Waals surface area contributed by atoms with Crippen LogP contribution in [0.3, 0.4) is 0 Å². The zero-order valence-corrected chi connectivity index (χ0v) is 12.5. The molecule has 0 aromatic carbocycles. The minimum Gasteiger partial charge on any atom is -0.369 e. The predicted octanol–water partition coefficient (Wildman–Crippen LogP) is 1.65. The fourth-order valence-corrected chi connectivity index (χ4v) is 2.61. The van der Waals surface area contributed by atoms with Gasteiger partial charge in [-0.2, -0.15) is 0 Å². The molecule has 1 aliphatic rings. The summed E-state index contributed by atoms with van der Waals surface area (Å²) < 4.78 is 5.40. The summed E-state index contributed by atoms with van der Waals surface area (Å²) in [6.07, 6.45) is 1.74. The molecule has 0 bridgehead atoms. The van der Waals surface area contributed by atoms with E-state index in [1.54, 1.807) is 7.11 Å². The molecule has 1 fully saturated rings. The number of carbonyl (C=O) groups excluding carboxylic acids is 1. The molecule has 0 radical (unpaired) electrons. The Labute approximate surface area is 111 Å². The van der Waals surface area contributed by atoms with E-state index >= 15 is 0 Å². The second-order valence-corrected chi connectivity index (χ2v) is 5.47. The van der Waals surface area contributed by atoms with Crippen molar-refractivity contribution >= 4 is 5.91 Å². The third-order valence-electron chi connectivity index (χ3n) is 4.24. The molecule has 4 heteroatoms. The topological polar surface area (TPSA) is 41.6 Å². The van der Waals surface area contributed by atoms with Crippen molar-refractivity contribution in [2.24, 2.45) is 5.92 Å². The molecule has 18 heavy (non-hydrogen) atoms. The van der Waals surface area contributed by atoms with Gasteiger partial charge in [-0.1, -0.05) is 20.8 Å². The van der Waals surface area contributed by atoms with Gasteiger partial charge in [0.25, 0.3) is 5.91 Å². The zero-order chi connectivity index (χ0) is 13.8. The maximum atomic E-state index is 12.5. The first kappa shape index (κ1) is 15.4. The summed E-state index contributed by atoms with van der Waals surface area (Å²) in [7, 11) is 1.62. The number of ether oxygens (including phenoxy) is 1. The number of rotatable bonds is 5. The molecule has 0 spiro atoms. The van der Waals surface area contributed by atoms with Crippen LogP contribution >= 0.6 is 0 Å². The molecule has 0 saturated carbocycles. The Morgan fingerprint density at radius 1 is 1.50 bits per heavy atom. The minimum atomic E-state index is -0.662. The minimum absolute atomic E-state index is 0.134. The monoisotopic (exact) mass is 256 g/mol. The third-order valence-corrected chi connectivity index (χ3v) is 4.24. The summed E-state index contributed by atoms with van der Waals surface area (Å²) in [6, 6.07) is 0.537. The first-order chi connectivity index (χ1) is 8.48. The van der Waals surface area contributed by atoms with Crippen LogP contribution in [0, 0.1) is 5.92 Å². The molecule has 1 N–H and O–H groups in total. The fourth-order valence-electron chi connectivity index (χ4n) is 2.61. The number of nitrogens with one attached hydrogen (secondary N) is 1. The average Bonchev–Trinajstić information content (AvgIpc) is 2.39. The van der Waals surface area contributed by atoms with Gasteiger partial charge in [0.1, 0.15) is 5.60 Å². The largest absolute Gasteiger partial charge is 0.369 e. The highest BCUT2D eigenvalue weighted by Gasteiger charge is 2.38. The summed E-state index contributed by atoms with van der Waals surface area (Å²) in [5.74, 6) is 0.634. The van der Waals surface area contributed by atoms with E-state index in [9.17, 15) is 4.79 Å². The Morgan fingerprint density at radius 3 is 2.61 bits per heavy atom. The van der Waals surface area contributed by atoms with Gasteiger partial charge in [-0.25, -0.2) is 0 Å². The van der Waals surface area contributed by atoms with Gasteiger partial charge in [0.2, 0.25) is 0 Å². The highest BCUT2D eigenvalue weighted by Crippen LogP contribution is 2.23. The average molecular weight is 256 g/mol.